The van der Waals surface area contributed by atoms with E-state index in [1.807, 2.05) is 38.2 Å². The van der Waals surface area contributed by atoms with Crippen molar-refractivity contribution in [1.29, 1.82) is 0 Å². The molecule has 0 aliphatic carbocycles. The van der Waals surface area contributed by atoms with Gasteiger partial charge in [0.05, 0.1) is 6.61 Å². The summed E-state index contributed by atoms with van der Waals surface area (Å²) in [6.45, 7) is 4.47. The molecule has 1 aromatic rings. The maximum atomic E-state index is 10.4. The van der Waals surface area contributed by atoms with Gasteiger partial charge in [-0.1, -0.05) is 12.1 Å². The molecule has 0 amide bonds. The van der Waals surface area contributed by atoms with E-state index >= 15 is 0 Å². The summed E-state index contributed by atoms with van der Waals surface area (Å²) in [5.41, 5.74) is 1.20. The van der Waals surface area contributed by atoms with Crippen LogP contribution in [0.4, 0.5) is 0 Å². The molecule has 4 heteroatoms. The Hall–Kier alpha value is -1.55. The van der Waals surface area contributed by atoms with Crippen molar-refractivity contribution in [3.8, 4) is 5.75 Å². The van der Waals surface area contributed by atoms with E-state index in [0.717, 1.165) is 25.3 Å². The number of rotatable bonds is 9. The van der Waals surface area contributed by atoms with Crippen LogP contribution >= 0.6 is 0 Å². The number of aliphatic carboxylic acids is 1. The van der Waals surface area contributed by atoms with Crippen LogP contribution in [-0.4, -0.2) is 42.7 Å². The average Bonchev–Trinajstić information content (AvgIpc) is 2.34. The number of benzene rings is 1. The Morgan fingerprint density at radius 3 is 2.74 bits per heavy atom. The maximum Gasteiger partial charge on any atom is 0.303 e. The summed E-state index contributed by atoms with van der Waals surface area (Å²) in [5, 5.41) is 8.55. The fourth-order valence-electron chi connectivity index (χ4n) is 1.84. The zero-order valence-electron chi connectivity index (χ0n) is 11.8. The van der Waals surface area contributed by atoms with Crippen LogP contribution in [0, 0.1) is 6.92 Å². The number of aryl methyl sites for hydroxylation is 1. The van der Waals surface area contributed by atoms with Gasteiger partial charge in [0.2, 0.25) is 0 Å². The fourth-order valence-corrected chi connectivity index (χ4v) is 1.84. The summed E-state index contributed by atoms with van der Waals surface area (Å²) in [6.07, 6.45) is 1.88. The standard InChI is InChI=1S/C15H23NO3/c1-13-6-3-7-14(12-13)19-11-5-10-16(2)9-4-8-15(17)18/h3,6-7,12H,4-5,8-11H2,1-2H3,(H,17,18). The zero-order chi connectivity index (χ0) is 14.1. The molecular formula is C15H23NO3. The molecule has 0 saturated heterocycles. The Morgan fingerprint density at radius 1 is 1.32 bits per heavy atom. The van der Waals surface area contributed by atoms with E-state index in [0.29, 0.717) is 13.0 Å². The highest BCUT2D eigenvalue weighted by molar-refractivity contribution is 5.66. The van der Waals surface area contributed by atoms with Crippen LogP contribution in [0.5, 0.6) is 5.75 Å². The van der Waals surface area contributed by atoms with Crippen LogP contribution in [0.25, 0.3) is 0 Å². The van der Waals surface area contributed by atoms with Crippen LogP contribution < -0.4 is 4.74 Å². The van der Waals surface area contributed by atoms with Crippen molar-refractivity contribution < 1.29 is 14.6 Å². The second-order valence-electron chi connectivity index (χ2n) is 4.82. The van der Waals surface area contributed by atoms with Crippen molar-refractivity contribution in [3.05, 3.63) is 29.8 Å². The summed E-state index contributed by atoms with van der Waals surface area (Å²) < 4.78 is 5.66. The Bertz CT molecular complexity index is 393. The first kappa shape index (κ1) is 15.5. The van der Waals surface area contributed by atoms with E-state index in [2.05, 4.69) is 4.90 Å². The van der Waals surface area contributed by atoms with Crippen LogP contribution in [-0.2, 0) is 4.79 Å². The Kier molecular flexibility index (Phi) is 6.97. The topological polar surface area (TPSA) is 49.8 Å². The smallest absolute Gasteiger partial charge is 0.303 e. The second-order valence-corrected chi connectivity index (χ2v) is 4.82. The third-order valence-corrected chi connectivity index (χ3v) is 2.87. The largest absolute Gasteiger partial charge is 0.494 e. The first-order valence-electron chi connectivity index (χ1n) is 6.68. The van der Waals surface area contributed by atoms with Gasteiger partial charge in [-0.15, -0.1) is 0 Å². The minimum absolute atomic E-state index is 0.240. The van der Waals surface area contributed by atoms with Crippen molar-refractivity contribution in [2.45, 2.75) is 26.2 Å². The maximum absolute atomic E-state index is 10.4. The minimum atomic E-state index is -0.726. The Morgan fingerprint density at radius 2 is 2.05 bits per heavy atom. The van der Waals surface area contributed by atoms with E-state index in [1.54, 1.807) is 0 Å². The third-order valence-electron chi connectivity index (χ3n) is 2.87. The van der Waals surface area contributed by atoms with E-state index in [1.165, 1.54) is 5.56 Å². The molecule has 0 fully saturated rings. The molecule has 19 heavy (non-hydrogen) atoms. The first-order chi connectivity index (χ1) is 9.08. The molecule has 0 spiro atoms. The molecule has 1 N–H and O–H groups in total. The number of carboxylic acids is 1. The average molecular weight is 265 g/mol. The summed E-state index contributed by atoms with van der Waals surface area (Å²) >= 11 is 0. The van der Waals surface area contributed by atoms with Gasteiger partial charge in [0, 0.05) is 13.0 Å². The summed E-state index contributed by atoms with van der Waals surface area (Å²) in [5.74, 6) is 0.185. The van der Waals surface area contributed by atoms with Crippen molar-refractivity contribution in [2.75, 3.05) is 26.7 Å². The highest BCUT2D eigenvalue weighted by Crippen LogP contribution is 2.12. The molecule has 0 saturated carbocycles. The van der Waals surface area contributed by atoms with Crippen LogP contribution in [0.15, 0.2) is 24.3 Å². The highest BCUT2D eigenvalue weighted by Gasteiger charge is 2.01. The third kappa shape index (κ3) is 7.47. The number of nitrogens with zero attached hydrogens (tertiary/aromatic N) is 1. The second kappa shape index (κ2) is 8.53. The lowest BCUT2D eigenvalue weighted by atomic mass is 10.2. The van der Waals surface area contributed by atoms with Crippen molar-refractivity contribution in [1.82, 2.24) is 4.90 Å². The number of hydrogen-bond donors (Lipinski definition) is 1. The highest BCUT2D eigenvalue weighted by atomic mass is 16.5. The summed E-state index contributed by atoms with van der Waals surface area (Å²) in [4.78, 5) is 12.5. The predicted molar refractivity (Wildman–Crippen MR) is 75.7 cm³/mol. The molecule has 1 rings (SSSR count). The Labute approximate surface area is 115 Å². The normalized spacial score (nSPS) is 10.7. The van der Waals surface area contributed by atoms with E-state index in [4.69, 9.17) is 9.84 Å². The molecule has 0 radical (unpaired) electrons. The van der Waals surface area contributed by atoms with E-state index < -0.39 is 5.97 Å². The van der Waals surface area contributed by atoms with Gasteiger partial charge in [-0.25, -0.2) is 0 Å². The van der Waals surface area contributed by atoms with Crippen molar-refractivity contribution >= 4 is 5.97 Å². The molecule has 0 atom stereocenters. The summed E-state index contributed by atoms with van der Waals surface area (Å²) in [6, 6.07) is 8.02. The summed E-state index contributed by atoms with van der Waals surface area (Å²) in [7, 11) is 2.01. The zero-order valence-corrected chi connectivity index (χ0v) is 11.8. The molecule has 0 aliphatic heterocycles. The minimum Gasteiger partial charge on any atom is -0.494 e. The molecule has 1 aromatic carbocycles. The van der Waals surface area contributed by atoms with Crippen molar-refractivity contribution in [3.63, 3.8) is 0 Å². The van der Waals surface area contributed by atoms with Crippen LogP contribution in [0.2, 0.25) is 0 Å². The Balaban J connectivity index is 2.08. The van der Waals surface area contributed by atoms with Gasteiger partial charge in [-0.3, -0.25) is 4.79 Å². The van der Waals surface area contributed by atoms with Gasteiger partial charge in [-0.05, 0) is 51.1 Å². The lowest BCUT2D eigenvalue weighted by Crippen LogP contribution is -2.23. The molecule has 0 unspecified atom stereocenters. The van der Waals surface area contributed by atoms with Crippen molar-refractivity contribution in [2.24, 2.45) is 0 Å². The van der Waals surface area contributed by atoms with Gasteiger partial charge >= 0.3 is 5.97 Å². The van der Waals surface area contributed by atoms with Crippen LogP contribution in [0.1, 0.15) is 24.8 Å². The van der Waals surface area contributed by atoms with Gasteiger partial charge < -0.3 is 14.7 Å². The first-order valence-corrected chi connectivity index (χ1v) is 6.68. The number of carboxylic acid groups (broad SMARTS) is 1. The monoisotopic (exact) mass is 265 g/mol. The van der Waals surface area contributed by atoms with Gasteiger partial charge in [0.15, 0.2) is 0 Å². The number of carbonyl (C=O) groups is 1. The molecule has 0 bridgehead atoms. The molecule has 106 valence electrons. The molecule has 0 heterocycles. The number of ether oxygens (including phenoxy) is 1. The lowest BCUT2D eigenvalue weighted by molar-refractivity contribution is -0.137. The quantitative estimate of drug-likeness (QED) is 0.697. The molecular weight excluding hydrogens is 242 g/mol. The van der Waals surface area contributed by atoms with E-state index in [-0.39, 0.29) is 6.42 Å². The molecule has 0 aliphatic rings. The number of hydrogen-bond acceptors (Lipinski definition) is 3. The lowest BCUT2D eigenvalue weighted by Gasteiger charge is -2.16. The van der Waals surface area contributed by atoms with Gasteiger partial charge in [0.1, 0.15) is 5.75 Å². The SMILES string of the molecule is Cc1cccc(OCCCN(C)CCCC(=O)O)c1. The molecule has 0 aromatic heterocycles. The van der Waals surface area contributed by atoms with Crippen LogP contribution in [0.3, 0.4) is 0 Å². The van der Waals surface area contributed by atoms with Gasteiger partial charge in [0.25, 0.3) is 0 Å². The predicted octanol–water partition coefficient (Wildman–Crippen LogP) is 2.56. The fraction of sp³-hybridized carbons (Fsp3) is 0.533. The van der Waals surface area contributed by atoms with Gasteiger partial charge in [-0.2, -0.15) is 0 Å². The molecule has 4 nitrogen and oxygen atoms in total. The van der Waals surface area contributed by atoms with E-state index in [9.17, 15) is 4.79 Å².